The average Bonchev–Trinajstić information content (AvgIpc) is 3.97. The number of carbonyl (C=O) groups excluding carboxylic acids is 1. The number of hydrogen-bond acceptors (Lipinski definition) is 9. The number of hydrogen-bond donors (Lipinski definition) is 1. The predicted molar refractivity (Wildman–Crippen MR) is 186 cm³/mol. The Balaban J connectivity index is 1.20. The monoisotopic (exact) mass is 726 g/mol. The minimum absolute atomic E-state index is 0.130. The zero-order chi connectivity index (χ0) is 35.8. The Morgan fingerprint density at radius 1 is 1.04 bits per heavy atom. The normalized spacial score (nSPS) is 20.4. The van der Waals surface area contributed by atoms with Gasteiger partial charge in [-0.2, -0.15) is 0 Å². The molecule has 1 N–H and O–H groups in total. The molecule has 2 aromatic carbocycles. The Kier molecular flexibility index (Phi) is 7.75. The second-order valence-electron chi connectivity index (χ2n) is 13.2. The molecule has 1 unspecified atom stereocenters. The topological polar surface area (TPSA) is 106 Å². The summed E-state index contributed by atoms with van der Waals surface area (Å²) in [5, 5.41) is 12.3. The molecule has 9 nitrogen and oxygen atoms in total. The lowest BCUT2D eigenvalue weighted by Gasteiger charge is -2.18. The largest absolute Gasteiger partial charge is 0.493 e. The highest BCUT2D eigenvalue weighted by atomic mass is 32.1. The Hall–Kier alpha value is -5.37. The van der Waals surface area contributed by atoms with E-state index in [0.29, 0.717) is 68.8 Å². The molecule has 0 bridgehead atoms. The summed E-state index contributed by atoms with van der Waals surface area (Å²) in [4.78, 5) is 26.4. The maximum absolute atomic E-state index is 15.7. The summed E-state index contributed by atoms with van der Waals surface area (Å²) in [7, 11) is 1.22. The number of carbonyl (C=O) groups is 1. The minimum atomic E-state index is -2.11. The first kappa shape index (κ1) is 32.5. The van der Waals surface area contributed by atoms with E-state index in [4.69, 9.17) is 14.1 Å². The number of methoxy groups -OCH3 is 1. The Labute approximate surface area is 298 Å². The van der Waals surface area contributed by atoms with Crippen molar-refractivity contribution in [1.82, 2.24) is 25.1 Å². The molecule has 3 aliphatic rings. The van der Waals surface area contributed by atoms with Crippen molar-refractivity contribution < 1.29 is 31.5 Å². The van der Waals surface area contributed by atoms with Crippen LogP contribution in [0.5, 0.6) is 5.75 Å². The van der Waals surface area contributed by atoms with E-state index >= 15 is 8.78 Å². The van der Waals surface area contributed by atoms with Crippen molar-refractivity contribution in [3.63, 3.8) is 0 Å². The summed E-state index contributed by atoms with van der Waals surface area (Å²) < 4.78 is 71.0. The fourth-order valence-electron chi connectivity index (χ4n) is 7.87. The van der Waals surface area contributed by atoms with Gasteiger partial charge < -0.3 is 19.4 Å². The lowest BCUT2D eigenvalue weighted by atomic mass is 9.93. The van der Waals surface area contributed by atoms with Crippen molar-refractivity contribution in [1.29, 1.82) is 0 Å². The van der Waals surface area contributed by atoms with E-state index in [1.807, 2.05) is 11.0 Å². The molecular weight excluding hydrogens is 697 g/mol. The number of nitrogens with one attached hydrogen (secondary N) is 1. The third-order valence-electron chi connectivity index (χ3n) is 10.2. The Morgan fingerprint density at radius 2 is 1.87 bits per heavy atom. The first-order valence-corrected chi connectivity index (χ1v) is 17.8. The summed E-state index contributed by atoms with van der Waals surface area (Å²) in [6.45, 7) is 2.30. The summed E-state index contributed by atoms with van der Waals surface area (Å²) in [5.41, 5.74) is 3.96. The molecule has 6 heterocycles. The van der Waals surface area contributed by atoms with E-state index in [-0.39, 0.29) is 40.5 Å². The standard InChI is InChI=1S/C38H30F4N6O3S/c1-17-46-47-37(51-17)27-23(12-7-18-5-8-20(39)9-6-18)44-33-24-4-3-15-48(24)38(49)29(33)28(27)25-16-19-13-14-43-36(35(19)52-25)45-32-21-10-11-22(40)34(50-2)26(21)30(41)31(32)42/h5-6,8-11,13-14,16,24,30-32H,3-4,7,12,15H2,1-2H3,(H,43,45)/t24-,30+,31+,32?/m1/s1. The quantitative estimate of drug-likeness (QED) is 0.156. The van der Waals surface area contributed by atoms with Crippen LogP contribution in [0, 0.1) is 18.6 Å². The molecule has 1 aliphatic carbocycles. The number of nitrogens with zero attached hydrogens (tertiary/aromatic N) is 5. The lowest BCUT2D eigenvalue weighted by Crippen LogP contribution is -2.22. The van der Waals surface area contributed by atoms with Gasteiger partial charge in [0.1, 0.15) is 11.6 Å². The molecule has 1 amide bonds. The molecule has 14 heteroatoms. The van der Waals surface area contributed by atoms with Crippen LogP contribution >= 0.6 is 11.3 Å². The molecule has 264 valence electrons. The van der Waals surface area contributed by atoms with Crippen molar-refractivity contribution in [2.24, 2.45) is 0 Å². The molecule has 52 heavy (non-hydrogen) atoms. The number of amides is 1. The maximum atomic E-state index is 15.7. The number of fused-ring (bicyclic) bond motifs is 5. The van der Waals surface area contributed by atoms with Gasteiger partial charge in [-0.25, -0.2) is 22.5 Å². The van der Waals surface area contributed by atoms with E-state index in [2.05, 4.69) is 20.5 Å². The van der Waals surface area contributed by atoms with Crippen LogP contribution in [0.3, 0.4) is 0 Å². The van der Waals surface area contributed by atoms with Gasteiger partial charge in [-0.3, -0.25) is 9.78 Å². The van der Waals surface area contributed by atoms with Crippen LogP contribution in [0.4, 0.5) is 23.4 Å². The van der Waals surface area contributed by atoms with Crippen molar-refractivity contribution in [3.05, 3.63) is 106 Å². The molecule has 1 fully saturated rings. The first-order valence-electron chi connectivity index (χ1n) is 16.9. The maximum Gasteiger partial charge on any atom is 0.257 e. The highest BCUT2D eigenvalue weighted by Crippen LogP contribution is 2.52. The van der Waals surface area contributed by atoms with E-state index in [1.165, 1.54) is 36.6 Å². The van der Waals surface area contributed by atoms with Crippen LogP contribution in [0.2, 0.25) is 0 Å². The zero-order valence-corrected chi connectivity index (χ0v) is 28.7. The van der Waals surface area contributed by atoms with Gasteiger partial charge in [0.05, 0.1) is 46.4 Å². The molecule has 4 atom stereocenters. The number of aryl methyl sites for hydroxylation is 3. The first-order chi connectivity index (χ1) is 25.2. The van der Waals surface area contributed by atoms with Gasteiger partial charge in [-0.15, -0.1) is 21.5 Å². The van der Waals surface area contributed by atoms with E-state index in [1.54, 1.807) is 31.3 Å². The van der Waals surface area contributed by atoms with Crippen molar-refractivity contribution in [2.75, 3.05) is 19.0 Å². The third kappa shape index (κ3) is 5.06. The van der Waals surface area contributed by atoms with Gasteiger partial charge in [0, 0.05) is 35.7 Å². The molecule has 1 saturated heterocycles. The number of aromatic nitrogens is 4. The summed E-state index contributed by atoms with van der Waals surface area (Å²) in [5.74, 6) is -0.701. The molecule has 0 spiro atoms. The van der Waals surface area contributed by atoms with Crippen LogP contribution in [0.1, 0.15) is 75.4 Å². The van der Waals surface area contributed by atoms with E-state index in [9.17, 15) is 13.6 Å². The number of pyridine rings is 2. The zero-order valence-electron chi connectivity index (χ0n) is 27.9. The highest BCUT2D eigenvalue weighted by molar-refractivity contribution is 7.23. The van der Waals surface area contributed by atoms with Gasteiger partial charge in [0.2, 0.25) is 11.8 Å². The van der Waals surface area contributed by atoms with E-state index in [0.717, 1.165) is 29.9 Å². The van der Waals surface area contributed by atoms with Crippen molar-refractivity contribution in [2.45, 2.75) is 57.0 Å². The second-order valence-corrected chi connectivity index (χ2v) is 14.3. The predicted octanol–water partition coefficient (Wildman–Crippen LogP) is 8.59. The molecular formula is C38H30F4N6O3S. The molecule has 9 rings (SSSR count). The SMILES string of the molecule is COc1c(F)ccc2c1[C@H](F)[C@H](F)C2Nc1nccc2cc(-c3c4c(nc(CCc5ccc(F)cc5)c3-c3nnc(C)o3)[C@H]3CCCN3C4=O)sc12. The minimum Gasteiger partial charge on any atom is -0.493 e. The molecule has 0 saturated carbocycles. The number of ether oxygens (including phenoxy) is 1. The molecule has 2 aliphatic heterocycles. The smallest absolute Gasteiger partial charge is 0.257 e. The second kappa shape index (κ2) is 12.4. The average molecular weight is 727 g/mol. The van der Waals surface area contributed by atoms with Crippen LogP contribution in [0.15, 0.2) is 59.1 Å². The third-order valence-corrected chi connectivity index (χ3v) is 11.4. The van der Waals surface area contributed by atoms with Crippen LogP contribution in [0.25, 0.3) is 32.0 Å². The molecule has 0 radical (unpaired) electrons. The lowest BCUT2D eigenvalue weighted by molar-refractivity contribution is 0.0776. The number of thiophene rings is 1. The number of anilines is 1. The number of benzene rings is 2. The number of rotatable bonds is 8. The fraction of sp³-hybridized carbons (Fsp3) is 0.289. The van der Waals surface area contributed by atoms with Crippen LogP contribution in [-0.4, -0.2) is 50.8 Å². The summed E-state index contributed by atoms with van der Waals surface area (Å²) in [6.07, 6.45) is 0.0502. The number of halogens is 4. The van der Waals surface area contributed by atoms with Crippen LogP contribution in [-0.2, 0) is 12.8 Å². The van der Waals surface area contributed by atoms with Crippen molar-refractivity contribution in [3.8, 4) is 27.6 Å². The molecule has 6 aromatic rings. The van der Waals surface area contributed by atoms with Gasteiger partial charge in [-0.05, 0) is 72.5 Å². The summed E-state index contributed by atoms with van der Waals surface area (Å²) >= 11 is 1.33. The fourth-order valence-corrected chi connectivity index (χ4v) is 9.03. The Bertz CT molecular complexity index is 2400. The highest BCUT2D eigenvalue weighted by Gasteiger charge is 2.46. The molecule has 4 aromatic heterocycles. The van der Waals surface area contributed by atoms with Gasteiger partial charge in [-0.1, -0.05) is 18.2 Å². The van der Waals surface area contributed by atoms with Crippen LogP contribution < -0.4 is 10.1 Å². The van der Waals surface area contributed by atoms with Gasteiger partial charge in [0.25, 0.3) is 5.91 Å². The van der Waals surface area contributed by atoms with E-state index < -0.39 is 24.2 Å². The van der Waals surface area contributed by atoms with Gasteiger partial charge in [0.15, 0.2) is 23.9 Å². The summed E-state index contributed by atoms with van der Waals surface area (Å²) in [6, 6.07) is 11.2. The van der Waals surface area contributed by atoms with Crippen molar-refractivity contribution >= 4 is 33.1 Å². The van der Waals surface area contributed by atoms with Gasteiger partial charge >= 0.3 is 0 Å². The number of alkyl halides is 2. The Morgan fingerprint density at radius 3 is 2.63 bits per heavy atom.